The van der Waals surface area contributed by atoms with Crippen molar-refractivity contribution in [1.29, 1.82) is 0 Å². The first-order chi connectivity index (χ1) is 12.6. The number of piperazine rings is 1. The van der Waals surface area contributed by atoms with Crippen LogP contribution in [0.3, 0.4) is 0 Å². The Morgan fingerprint density at radius 1 is 0.923 bits per heavy atom. The second-order valence-corrected chi connectivity index (χ2v) is 8.02. The summed E-state index contributed by atoms with van der Waals surface area (Å²) in [7, 11) is -3.43. The van der Waals surface area contributed by atoms with Crippen LogP contribution in [0.5, 0.6) is 0 Å². The molecule has 3 aromatic rings. The van der Waals surface area contributed by atoms with E-state index >= 15 is 0 Å². The fourth-order valence-electron chi connectivity index (χ4n) is 3.05. The monoisotopic (exact) mass is 369 g/mol. The highest BCUT2D eigenvalue weighted by molar-refractivity contribution is 7.89. The Bertz CT molecular complexity index is 965. The van der Waals surface area contributed by atoms with Gasteiger partial charge in [0.25, 0.3) is 0 Å². The summed E-state index contributed by atoms with van der Waals surface area (Å²) in [5.74, 6) is 0.827. The summed E-state index contributed by atoms with van der Waals surface area (Å²) in [6.07, 6.45) is 3.48. The standard InChI is InChI=1S/C18H19N5O2S/c24-26(25,16-4-2-1-3-5-16)23-12-10-22(11-13-23)18-14-17(20-21-18)15-6-8-19-9-7-15/h1-9,14H,10-13H2,(H,20,21). The predicted molar refractivity (Wildman–Crippen MR) is 99.2 cm³/mol. The van der Waals surface area contributed by atoms with Crippen molar-refractivity contribution in [2.24, 2.45) is 0 Å². The molecule has 0 atom stereocenters. The van der Waals surface area contributed by atoms with Crippen LogP contribution in [0.15, 0.2) is 65.8 Å². The Balaban J connectivity index is 1.45. The van der Waals surface area contributed by atoms with Crippen molar-refractivity contribution in [3.8, 4) is 11.3 Å². The van der Waals surface area contributed by atoms with Crippen molar-refractivity contribution in [2.75, 3.05) is 31.1 Å². The van der Waals surface area contributed by atoms with Gasteiger partial charge in [0.1, 0.15) is 0 Å². The Hall–Kier alpha value is -2.71. The molecular formula is C18H19N5O2S. The lowest BCUT2D eigenvalue weighted by molar-refractivity contribution is 0.384. The second kappa shape index (κ2) is 6.89. The molecule has 0 spiro atoms. The van der Waals surface area contributed by atoms with Gasteiger partial charge in [-0.1, -0.05) is 18.2 Å². The topological polar surface area (TPSA) is 82.2 Å². The smallest absolute Gasteiger partial charge is 0.243 e. The minimum Gasteiger partial charge on any atom is -0.352 e. The van der Waals surface area contributed by atoms with Gasteiger partial charge in [-0.15, -0.1) is 0 Å². The molecule has 26 heavy (non-hydrogen) atoms. The third-order valence-corrected chi connectivity index (χ3v) is 6.41. The maximum absolute atomic E-state index is 12.7. The van der Waals surface area contributed by atoms with Crippen LogP contribution in [0.2, 0.25) is 0 Å². The van der Waals surface area contributed by atoms with Gasteiger partial charge < -0.3 is 4.90 Å². The van der Waals surface area contributed by atoms with Crippen LogP contribution < -0.4 is 4.90 Å². The van der Waals surface area contributed by atoms with Crippen LogP contribution in [-0.4, -0.2) is 54.1 Å². The Morgan fingerprint density at radius 2 is 1.62 bits per heavy atom. The van der Waals surface area contributed by atoms with Gasteiger partial charge in [0.15, 0.2) is 5.82 Å². The molecule has 1 aliphatic heterocycles. The van der Waals surface area contributed by atoms with Gasteiger partial charge in [-0.2, -0.15) is 9.40 Å². The van der Waals surface area contributed by atoms with Gasteiger partial charge in [0.2, 0.25) is 10.0 Å². The van der Waals surface area contributed by atoms with E-state index in [9.17, 15) is 8.42 Å². The number of hydrogen-bond donors (Lipinski definition) is 1. The Morgan fingerprint density at radius 3 is 2.31 bits per heavy atom. The molecule has 1 N–H and O–H groups in total. The molecule has 7 nitrogen and oxygen atoms in total. The molecule has 134 valence electrons. The zero-order valence-electron chi connectivity index (χ0n) is 14.1. The van der Waals surface area contributed by atoms with Crippen molar-refractivity contribution >= 4 is 15.8 Å². The number of hydrogen-bond acceptors (Lipinski definition) is 5. The van der Waals surface area contributed by atoms with E-state index in [4.69, 9.17) is 0 Å². The van der Waals surface area contributed by atoms with E-state index in [-0.39, 0.29) is 0 Å². The first kappa shape index (κ1) is 16.7. The average Bonchev–Trinajstić information content (AvgIpc) is 3.20. The molecule has 4 rings (SSSR count). The van der Waals surface area contributed by atoms with Gasteiger partial charge in [0, 0.05) is 50.2 Å². The molecule has 1 fully saturated rings. The van der Waals surface area contributed by atoms with E-state index in [2.05, 4.69) is 20.1 Å². The number of benzene rings is 1. The number of nitrogens with zero attached hydrogens (tertiary/aromatic N) is 4. The van der Waals surface area contributed by atoms with Crippen LogP contribution in [0.4, 0.5) is 5.82 Å². The minimum atomic E-state index is -3.43. The third-order valence-electron chi connectivity index (χ3n) is 4.50. The van der Waals surface area contributed by atoms with E-state index in [0.717, 1.165) is 17.1 Å². The maximum atomic E-state index is 12.7. The van der Waals surface area contributed by atoms with E-state index in [0.29, 0.717) is 31.1 Å². The second-order valence-electron chi connectivity index (χ2n) is 6.08. The van der Waals surface area contributed by atoms with Crippen molar-refractivity contribution < 1.29 is 8.42 Å². The molecular weight excluding hydrogens is 350 g/mol. The molecule has 2 aromatic heterocycles. The van der Waals surface area contributed by atoms with E-state index in [1.807, 2.05) is 24.3 Å². The predicted octanol–water partition coefficient (Wildman–Crippen LogP) is 1.98. The zero-order chi connectivity index (χ0) is 18.0. The quantitative estimate of drug-likeness (QED) is 0.760. The van der Waals surface area contributed by atoms with Gasteiger partial charge in [0.05, 0.1) is 10.6 Å². The highest BCUT2D eigenvalue weighted by Gasteiger charge is 2.29. The van der Waals surface area contributed by atoms with Crippen molar-refractivity contribution in [2.45, 2.75) is 4.90 Å². The molecule has 3 heterocycles. The summed E-state index contributed by atoms with van der Waals surface area (Å²) in [6, 6.07) is 14.4. The fraction of sp³-hybridized carbons (Fsp3) is 0.222. The highest BCUT2D eigenvalue weighted by atomic mass is 32.2. The van der Waals surface area contributed by atoms with Crippen molar-refractivity contribution in [1.82, 2.24) is 19.5 Å². The average molecular weight is 369 g/mol. The van der Waals surface area contributed by atoms with Gasteiger partial charge >= 0.3 is 0 Å². The SMILES string of the molecule is O=S(=O)(c1ccccc1)N1CCN(c2cc(-c3ccncc3)[nH]n2)CC1. The minimum absolute atomic E-state index is 0.341. The lowest BCUT2D eigenvalue weighted by Crippen LogP contribution is -2.48. The Labute approximate surface area is 152 Å². The van der Waals surface area contributed by atoms with Crippen LogP contribution in [0.1, 0.15) is 0 Å². The molecule has 1 aliphatic rings. The summed E-state index contributed by atoms with van der Waals surface area (Å²) in [6.45, 7) is 2.09. The van der Waals surface area contributed by atoms with E-state index < -0.39 is 10.0 Å². The maximum Gasteiger partial charge on any atom is 0.243 e. The summed E-state index contributed by atoms with van der Waals surface area (Å²) in [5.41, 5.74) is 1.94. The Kier molecular flexibility index (Phi) is 4.44. The number of nitrogens with one attached hydrogen (secondary N) is 1. The number of aromatic nitrogens is 3. The van der Waals surface area contributed by atoms with Crippen LogP contribution in [-0.2, 0) is 10.0 Å². The van der Waals surface area contributed by atoms with Crippen molar-refractivity contribution in [3.05, 3.63) is 60.9 Å². The van der Waals surface area contributed by atoms with E-state index in [1.54, 1.807) is 36.7 Å². The van der Waals surface area contributed by atoms with Crippen LogP contribution in [0.25, 0.3) is 11.3 Å². The van der Waals surface area contributed by atoms with Crippen molar-refractivity contribution in [3.63, 3.8) is 0 Å². The summed E-state index contributed by atoms with van der Waals surface area (Å²) in [5, 5.41) is 7.41. The molecule has 0 radical (unpaired) electrons. The highest BCUT2D eigenvalue weighted by Crippen LogP contribution is 2.23. The summed E-state index contributed by atoms with van der Waals surface area (Å²) >= 11 is 0. The largest absolute Gasteiger partial charge is 0.352 e. The number of pyridine rings is 1. The summed E-state index contributed by atoms with van der Waals surface area (Å²) in [4.78, 5) is 6.45. The molecule has 0 amide bonds. The van der Waals surface area contributed by atoms with Crippen LogP contribution in [0, 0.1) is 0 Å². The fourth-order valence-corrected chi connectivity index (χ4v) is 4.49. The zero-order valence-corrected chi connectivity index (χ0v) is 14.9. The number of anilines is 1. The molecule has 1 saturated heterocycles. The lowest BCUT2D eigenvalue weighted by atomic mass is 10.2. The van der Waals surface area contributed by atoms with E-state index in [1.165, 1.54) is 4.31 Å². The number of H-pyrrole nitrogens is 1. The number of aromatic amines is 1. The summed E-state index contributed by atoms with van der Waals surface area (Å²) < 4.78 is 26.9. The molecule has 0 aliphatic carbocycles. The molecule has 8 heteroatoms. The molecule has 0 unspecified atom stereocenters. The first-order valence-corrected chi connectivity index (χ1v) is 9.84. The molecule has 0 bridgehead atoms. The lowest BCUT2D eigenvalue weighted by Gasteiger charge is -2.34. The van der Waals surface area contributed by atoms with Gasteiger partial charge in [-0.3, -0.25) is 10.1 Å². The van der Waals surface area contributed by atoms with Gasteiger partial charge in [-0.05, 0) is 24.3 Å². The molecule has 0 saturated carbocycles. The van der Waals surface area contributed by atoms with Gasteiger partial charge in [-0.25, -0.2) is 8.42 Å². The number of rotatable bonds is 4. The third kappa shape index (κ3) is 3.21. The normalized spacial score (nSPS) is 15.9. The first-order valence-electron chi connectivity index (χ1n) is 8.40. The number of sulfonamides is 1. The molecule has 1 aromatic carbocycles. The van der Waals surface area contributed by atoms with Crippen LogP contribution >= 0.6 is 0 Å².